The summed E-state index contributed by atoms with van der Waals surface area (Å²) in [5.74, 6) is 1.21. The van der Waals surface area contributed by atoms with Crippen molar-refractivity contribution >= 4 is 5.91 Å². The predicted molar refractivity (Wildman–Crippen MR) is 73.7 cm³/mol. The van der Waals surface area contributed by atoms with Gasteiger partial charge >= 0.3 is 0 Å². The van der Waals surface area contributed by atoms with Crippen molar-refractivity contribution in [1.29, 1.82) is 0 Å². The SMILES string of the molecule is CCC(c1nnc(-c2ccccc2)o1)N1CCCC1=O. The molecule has 104 valence electrons. The maximum absolute atomic E-state index is 11.9. The molecule has 1 amide bonds. The normalized spacial score (nSPS) is 16.6. The molecule has 2 heterocycles. The lowest BCUT2D eigenvalue weighted by Crippen LogP contribution is -2.29. The summed E-state index contributed by atoms with van der Waals surface area (Å²) in [5, 5.41) is 8.23. The number of nitrogens with zero attached hydrogens (tertiary/aromatic N) is 3. The summed E-state index contributed by atoms with van der Waals surface area (Å²) in [6.07, 6.45) is 2.31. The highest BCUT2D eigenvalue weighted by Gasteiger charge is 2.31. The van der Waals surface area contributed by atoms with Crippen LogP contribution in [0.3, 0.4) is 0 Å². The minimum Gasteiger partial charge on any atom is -0.418 e. The molecule has 1 aromatic carbocycles. The zero-order valence-corrected chi connectivity index (χ0v) is 11.5. The van der Waals surface area contributed by atoms with E-state index in [-0.39, 0.29) is 11.9 Å². The van der Waals surface area contributed by atoms with Crippen LogP contribution in [0.25, 0.3) is 11.5 Å². The molecule has 0 spiro atoms. The summed E-state index contributed by atoms with van der Waals surface area (Å²) >= 11 is 0. The molecule has 5 nitrogen and oxygen atoms in total. The molecule has 1 aliphatic rings. The van der Waals surface area contributed by atoms with Gasteiger partial charge in [0.25, 0.3) is 0 Å². The summed E-state index contributed by atoms with van der Waals surface area (Å²) < 4.78 is 5.77. The molecule has 0 saturated carbocycles. The second-order valence-electron chi connectivity index (χ2n) is 4.93. The molecule has 3 rings (SSSR count). The van der Waals surface area contributed by atoms with Gasteiger partial charge in [0.1, 0.15) is 6.04 Å². The van der Waals surface area contributed by atoms with Crippen molar-refractivity contribution < 1.29 is 9.21 Å². The van der Waals surface area contributed by atoms with E-state index in [2.05, 4.69) is 10.2 Å². The standard InChI is InChI=1S/C15H17N3O2/c1-2-12(18-10-6-9-13(18)19)15-17-16-14(20-15)11-7-4-3-5-8-11/h3-5,7-8,12H,2,6,9-10H2,1H3. The largest absolute Gasteiger partial charge is 0.418 e. The lowest BCUT2D eigenvalue weighted by atomic mass is 10.2. The van der Waals surface area contributed by atoms with E-state index in [1.807, 2.05) is 42.2 Å². The Kier molecular flexibility index (Phi) is 3.50. The van der Waals surface area contributed by atoms with Gasteiger partial charge in [-0.05, 0) is 25.0 Å². The average Bonchev–Trinajstić information content (AvgIpc) is 3.12. The van der Waals surface area contributed by atoms with Crippen molar-refractivity contribution in [1.82, 2.24) is 15.1 Å². The Hall–Kier alpha value is -2.17. The Morgan fingerprint density at radius 3 is 2.75 bits per heavy atom. The lowest BCUT2D eigenvalue weighted by molar-refractivity contribution is -0.130. The first-order valence-corrected chi connectivity index (χ1v) is 6.98. The second-order valence-corrected chi connectivity index (χ2v) is 4.93. The molecule has 1 aliphatic heterocycles. The maximum Gasteiger partial charge on any atom is 0.247 e. The van der Waals surface area contributed by atoms with E-state index in [9.17, 15) is 4.79 Å². The lowest BCUT2D eigenvalue weighted by Gasteiger charge is -2.23. The molecule has 0 bridgehead atoms. The number of amides is 1. The third-order valence-corrected chi connectivity index (χ3v) is 3.62. The maximum atomic E-state index is 11.9. The van der Waals surface area contributed by atoms with Crippen LogP contribution >= 0.6 is 0 Å². The van der Waals surface area contributed by atoms with Gasteiger partial charge in [0.15, 0.2) is 0 Å². The number of hydrogen-bond acceptors (Lipinski definition) is 4. The number of aromatic nitrogens is 2. The molecular weight excluding hydrogens is 254 g/mol. The Morgan fingerprint density at radius 2 is 2.10 bits per heavy atom. The molecular formula is C15H17N3O2. The van der Waals surface area contributed by atoms with Crippen LogP contribution in [0.1, 0.15) is 38.1 Å². The highest BCUT2D eigenvalue weighted by Crippen LogP contribution is 2.29. The fourth-order valence-electron chi connectivity index (χ4n) is 2.59. The third kappa shape index (κ3) is 2.31. The highest BCUT2D eigenvalue weighted by molar-refractivity contribution is 5.78. The third-order valence-electron chi connectivity index (χ3n) is 3.62. The van der Waals surface area contributed by atoms with Crippen LogP contribution in [-0.4, -0.2) is 27.5 Å². The fourth-order valence-corrected chi connectivity index (χ4v) is 2.59. The molecule has 0 N–H and O–H groups in total. The van der Waals surface area contributed by atoms with Gasteiger partial charge in [0.05, 0.1) is 0 Å². The summed E-state index contributed by atoms with van der Waals surface area (Å²) in [7, 11) is 0. The summed E-state index contributed by atoms with van der Waals surface area (Å²) in [6, 6.07) is 9.56. The van der Waals surface area contributed by atoms with Gasteiger partial charge in [-0.1, -0.05) is 25.1 Å². The van der Waals surface area contributed by atoms with E-state index in [4.69, 9.17) is 4.42 Å². The quantitative estimate of drug-likeness (QED) is 0.858. The minimum absolute atomic E-state index is 0.102. The Labute approximate surface area is 117 Å². The number of rotatable bonds is 4. The molecule has 2 aromatic rings. The molecule has 1 aromatic heterocycles. The van der Waals surface area contributed by atoms with Crippen molar-refractivity contribution in [2.24, 2.45) is 0 Å². The predicted octanol–water partition coefficient (Wildman–Crippen LogP) is 2.81. The molecule has 1 atom stereocenters. The number of carbonyl (C=O) groups is 1. The first-order valence-electron chi connectivity index (χ1n) is 6.98. The Morgan fingerprint density at radius 1 is 1.30 bits per heavy atom. The molecule has 0 aliphatic carbocycles. The zero-order chi connectivity index (χ0) is 13.9. The van der Waals surface area contributed by atoms with Gasteiger partial charge < -0.3 is 9.32 Å². The van der Waals surface area contributed by atoms with E-state index >= 15 is 0 Å². The van der Waals surface area contributed by atoms with Crippen molar-refractivity contribution in [2.75, 3.05) is 6.54 Å². The van der Waals surface area contributed by atoms with Gasteiger partial charge in [-0.2, -0.15) is 0 Å². The van der Waals surface area contributed by atoms with Crippen molar-refractivity contribution in [2.45, 2.75) is 32.2 Å². The molecule has 1 saturated heterocycles. The van der Waals surface area contributed by atoms with Crippen LogP contribution in [0.15, 0.2) is 34.7 Å². The van der Waals surface area contributed by atoms with Gasteiger partial charge in [0.2, 0.25) is 17.7 Å². The molecule has 5 heteroatoms. The second kappa shape index (κ2) is 5.45. The van der Waals surface area contributed by atoms with Crippen LogP contribution in [0.5, 0.6) is 0 Å². The summed E-state index contributed by atoms with van der Waals surface area (Å²) in [6.45, 7) is 2.81. The summed E-state index contributed by atoms with van der Waals surface area (Å²) in [4.78, 5) is 13.7. The number of benzene rings is 1. The van der Waals surface area contributed by atoms with Gasteiger partial charge in [-0.3, -0.25) is 4.79 Å². The van der Waals surface area contributed by atoms with E-state index in [0.29, 0.717) is 18.2 Å². The van der Waals surface area contributed by atoms with Gasteiger partial charge in [0, 0.05) is 18.5 Å². The monoisotopic (exact) mass is 271 g/mol. The Balaban J connectivity index is 1.86. The topological polar surface area (TPSA) is 59.2 Å². The number of likely N-dealkylation sites (tertiary alicyclic amines) is 1. The van der Waals surface area contributed by atoms with Crippen LogP contribution in [-0.2, 0) is 4.79 Å². The summed E-state index contributed by atoms with van der Waals surface area (Å²) in [5.41, 5.74) is 0.897. The van der Waals surface area contributed by atoms with E-state index in [1.165, 1.54) is 0 Å². The molecule has 1 unspecified atom stereocenters. The number of carbonyl (C=O) groups excluding carboxylic acids is 1. The van der Waals surface area contributed by atoms with Crippen molar-refractivity contribution in [3.63, 3.8) is 0 Å². The van der Waals surface area contributed by atoms with Crippen LogP contribution in [0.2, 0.25) is 0 Å². The fraction of sp³-hybridized carbons (Fsp3) is 0.400. The highest BCUT2D eigenvalue weighted by atomic mass is 16.4. The first kappa shape index (κ1) is 12.8. The van der Waals surface area contributed by atoms with Crippen molar-refractivity contribution in [3.05, 3.63) is 36.2 Å². The van der Waals surface area contributed by atoms with E-state index < -0.39 is 0 Å². The zero-order valence-electron chi connectivity index (χ0n) is 11.5. The minimum atomic E-state index is -0.102. The molecule has 20 heavy (non-hydrogen) atoms. The van der Waals surface area contributed by atoms with Gasteiger partial charge in [-0.25, -0.2) is 0 Å². The van der Waals surface area contributed by atoms with Gasteiger partial charge in [-0.15, -0.1) is 10.2 Å². The van der Waals surface area contributed by atoms with Crippen molar-refractivity contribution in [3.8, 4) is 11.5 Å². The first-order chi connectivity index (χ1) is 9.79. The Bertz CT molecular complexity index is 594. The molecule has 0 radical (unpaired) electrons. The van der Waals surface area contributed by atoms with E-state index in [0.717, 1.165) is 24.9 Å². The van der Waals surface area contributed by atoms with Crippen LogP contribution < -0.4 is 0 Å². The van der Waals surface area contributed by atoms with Crippen LogP contribution in [0.4, 0.5) is 0 Å². The average molecular weight is 271 g/mol. The van der Waals surface area contributed by atoms with Crippen LogP contribution in [0, 0.1) is 0 Å². The number of hydrogen-bond donors (Lipinski definition) is 0. The molecule has 1 fully saturated rings. The van der Waals surface area contributed by atoms with E-state index in [1.54, 1.807) is 0 Å². The smallest absolute Gasteiger partial charge is 0.247 e.